The number of ether oxygens (including phenoxy) is 1. The second kappa shape index (κ2) is 5.21. The zero-order valence-electron chi connectivity index (χ0n) is 11.2. The number of rotatable bonds is 3. The van der Waals surface area contributed by atoms with Crippen LogP contribution in [0.1, 0.15) is 30.5 Å². The Bertz CT molecular complexity index is 483. The molecule has 0 radical (unpaired) electrons. The van der Waals surface area contributed by atoms with Crippen LogP contribution in [0, 0.1) is 5.92 Å². The van der Waals surface area contributed by atoms with Crippen LogP contribution in [-0.2, 0) is 11.2 Å². The highest BCUT2D eigenvalue weighted by Gasteiger charge is 2.26. The van der Waals surface area contributed by atoms with Crippen molar-refractivity contribution in [2.24, 2.45) is 5.92 Å². The van der Waals surface area contributed by atoms with Crippen LogP contribution < -0.4 is 15.4 Å². The summed E-state index contributed by atoms with van der Waals surface area (Å²) in [5.74, 6) is 1.29. The summed E-state index contributed by atoms with van der Waals surface area (Å²) in [4.78, 5) is 11.9. The van der Waals surface area contributed by atoms with E-state index in [4.69, 9.17) is 4.74 Å². The van der Waals surface area contributed by atoms with Crippen molar-refractivity contribution in [3.05, 3.63) is 29.3 Å². The van der Waals surface area contributed by atoms with Crippen LogP contribution in [0.15, 0.2) is 18.2 Å². The highest BCUT2D eigenvalue weighted by atomic mass is 16.5. The molecular weight excluding hydrogens is 240 g/mol. The van der Waals surface area contributed by atoms with Gasteiger partial charge in [0, 0.05) is 13.1 Å². The molecule has 1 aromatic carbocycles. The van der Waals surface area contributed by atoms with Crippen molar-refractivity contribution >= 4 is 5.91 Å². The van der Waals surface area contributed by atoms with Gasteiger partial charge >= 0.3 is 0 Å². The van der Waals surface area contributed by atoms with E-state index in [-0.39, 0.29) is 17.9 Å². The molecule has 2 aliphatic rings. The number of aryl methyl sites for hydroxylation is 1. The Morgan fingerprint density at radius 1 is 1.47 bits per heavy atom. The van der Waals surface area contributed by atoms with Crippen LogP contribution >= 0.6 is 0 Å². The van der Waals surface area contributed by atoms with Gasteiger partial charge < -0.3 is 15.4 Å². The minimum absolute atomic E-state index is 0.0559. The van der Waals surface area contributed by atoms with E-state index in [1.807, 2.05) is 19.1 Å². The smallest absolute Gasteiger partial charge is 0.226 e. The first-order valence-corrected chi connectivity index (χ1v) is 7.01. The maximum atomic E-state index is 11.9. The number of nitrogens with one attached hydrogen (secondary N) is 2. The highest BCUT2D eigenvalue weighted by molar-refractivity contribution is 5.80. The lowest BCUT2D eigenvalue weighted by molar-refractivity contribution is -0.127. The maximum absolute atomic E-state index is 11.9. The molecule has 19 heavy (non-hydrogen) atoms. The molecular formula is C15H20N2O2. The van der Waals surface area contributed by atoms with E-state index in [2.05, 4.69) is 16.7 Å². The van der Waals surface area contributed by atoms with Gasteiger partial charge in [0.25, 0.3) is 0 Å². The molecule has 1 fully saturated rings. The van der Waals surface area contributed by atoms with Crippen LogP contribution in [0.4, 0.5) is 0 Å². The Morgan fingerprint density at radius 3 is 3.05 bits per heavy atom. The van der Waals surface area contributed by atoms with Crippen LogP contribution in [0.5, 0.6) is 5.75 Å². The zero-order valence-corrected chi connectivity index (χ0v) is 11.2. The number of carbonyl (C=O) groups excluding carboxylic acids is 1. The first-order valence-electron chi connectivity index (χ1n) is 7.01. The average molecular weight is 260 g/mol. The summed E-state index contributed by atoms with van der Waals surface area (Å²) in [5, 5.41) is 6.20. The molecule has 3 rings (SSSR count). The van der Waals surface area contributed by atoms with Gasteiger partial charge in [-0.15, -0.1) is 0 Å². The topological polar surface area (TPSA) is 50.4 Å². The van der Waals surface area contributed by atoms with Gasteiger partial charge in [-0.25, -0.2) is 0 Å². The van der Waals surface area contributed by atoms with Crippen molar-refractivity contribution in [3.63, 3.8) is 0 Å². The predicted octanol–water partition coefficient (Wildman–Crippen LogP) is 1.41. The van der Waals surface area contributed by atoms with Gasteiger partial charge in [0.15, 0.2) is 0 Å². The van der Waals surface area contributed by atoms with E-state index in [9.17, 15) is 4.79 Å². The summed E-state index contributed by atoms with van der Waals surface area (Å²) in [6, 6.07) is 6.30. The van der Waals surface area contributed by atoms with Crippen molar-refractivity contribution < 1.29 is 9.53 Å². The Balaban J connectivity index is 1.68. The minimum Gasteiger partial charge on any atom is -0.493 e. The van der Waals surface area contributed by atoms with Crippen molar-refractivity contribution in [3.8, 4) is 5.75 Å². The van der Waals surface area contributed by atoms with Crippen LogP contribution in [0.3, 0.4) is 0 Å². The number of benzene rings is 1. The minimum atomic E-state index is 0.0559. The fraction of sp³-hybridized carbons (Fsp3) is 0.533. The summed E-state index contributed by atoms with van der Waals surface area (Å²) >= 11 is 0. The van der Waals surface area contributed by atoms with E-state index in [1.165, 1.54) is 5.56 Å². The first-order chi connectivity index (χ1) is 9.24. The molecule has 1 saturated heterocycles. The largest absolute Gasteiger partial charge is 0.493 e. The van der Waals surface area contributed by atoms with Crippen molar-refractivity contribution in [1.82, 2.24) is 10.6 Å². The van der Waals surface area contributed by atoms with E-state index in [0.717, 1.165) is 43.9 Å². The number of amides is 1. The lowest BCUT2D eigenvalue weighted by Gasteiger charge is -2.28. The molecule has 0 bridgehead atoms. The molecule has 0 saturated carbocycles. The van der Waals surface area contributed by atoms with Gasteiger partial charge in [0.2, 0.25) is 5.91 Å². The van der Waals surface area contributed by atoms with Crippen LogP contribution in [-0.4, -0.2) is 25.6 Å². The van der Waals surface area contributed by atoms with Gasteiger partial charge in [-0.3, -0.25) is 4.79 Å². The molecule has 0 aromatic heterocycles. The molecule has 102 valence electrons. The normalized spacial score (nSPS) is 19.8. The molecule has 4 heteroatoms. The number of hydrogen-bond acceptors (Lipinski definition) is 3. The summed E-state index contributed by atoms with van der Waals surface area (Å²) in [6.07, 6.45) is 2.14. The van der Waals surface area contributed by atoms with Crippen LogP contribution in [0.2, 0.25) is 0 Å². The van der Waals surface area contributed by atoms with Crippen molar-refractivity contribution in [1.29, 1.82) is 0 Å². The van der Waals surface area contributed by atoms with Gasteiger partial charge in [-0.05, 0) is 37.0 Å². The summed E-state index contributed by atoms with van der Waals surface area (Å²) in [6.45, 7) is 4.45. The van der Waals surface area contributed by atoms with Gasteiger partial charge in [-0.2, -0.15) is 0 Å². The van der Waals surface area contributed by atoms with Gasteiger partial charge in [0.05, 0.1) is 18.6 Å². The lowest BCUT2D eigenvalue weighted by Crippen LogP contribution is -2.51. The quantitative estimate of drug-likeness (QED) is 0.864. The van der Waals surface area contributed by atoms with Crippen molar-refractivity contribution in [2.75, 3.05) is 19.7 Å². The molecule has 2 heterocycles. The summed E-state index contributed by atoms with van der Waals surface area (Å²) in [5.41, 5.74) is 2.42. The molecule has 2 aliphatic heterocycles. The Hall–Kier alpha value is -1.55. The summed E-state index contributed by atoms with van der Waals surface area (Å²) < 4.78 is 5.61. The molecule has 0 unspecified atom stereocenters. The fourth-order valence-electron chi connectivity index (χ4n) is 2.54. The zero-order chi connectivity index (χ0) is 13.2. The molecule has 1 amide bonds. The third-order valence-corrected chi connectivity index (χ3v) is 3.94. The molecule has 2 N–H and O–H groups in total. The van der Waals surface area contributed by atoms with E-state index < -0.39 is 0 Å². The van der Waals surface area contributed by atoms with E-state index >= 15 is 0 Å². The maximum Gasteiger partial charge on any atom is 0.226 e. The second-order valence-corrected chi connectivity index (χ2v) is 5.40. The molecule has 0 spiro atoms. The summed E-state index contributed by atoms with van der Waals surface area (Å²) in [7, 11) is 0. The molecule has 4 nitrogen and oxygen atoms in total. The average Bonchev–Trinajstić information content (AvgIpc) is 2.36. The number of carbonyl (C=O) groups is 1. The highest BCUT2D eigenvalue weighted by Crippen LogP contribution is 2.27. The monoisotopic (exact) mass is 260 g/mol. The van der Waals surface area contributed by atoms with E-state index in [0.29, 0.717) is 0 Å². The Morgan fingerprint density at radius 2 is 2.32 bits per heavy atom. The van der Waals surface area contributed by atoms with Crippen molar-refractivity contribution in [2.45, 2.75) is 25.8 Å². The predicted molar refractivity (Wildman–Crippen MR) is 73.2 cm³/mol. The third-order valence-electron chi connectivity index (χ3n) is 3.94. The Kier molecular flexibility index (Phi) is 3.42. The number of fused-ring (bicyclic) bond motifs is 1. The second-order valence-electron chi connectivity index (χ2n) is 5.40. The molecule has 1 atom stereocenters. The van der Waals surface area contributed by atoms with E-state index in [1.54, 1.807) is 0 Å². The first kappa shape index (κ1) is 12.5. The molecule has 1 aromatic rings. The lowest BCUT2D eigenvalue weighted by atomic mass is 9.98. The standard InChI is InChI=1S/C15H20N2O2/c1-10(17-15(18)13-8-16-9-13)11-4-5-14-12(7-11)3-2-6-19-14/h4-5,7,10,13,16H,2-3,6,8-9H2,1H3,(H,17,18)/t10-/m1/s1. The van der Waals surface area contributed by atoms with Gasteiger partial charge in [0.1, 0.15) is 5.75 Å². The fourth-order valence-corrected chi connectivity index (χ4v) is 2.54. The Labute approximate surface area is 113 Å². The van der Waals surface area contributed by atoms with Gasteiger partial charge in [-0.1, -0.05) is 12.1 Å². The SMILES string of the molecule is C[C@@H](NC(=O)C1CNC1)c1ccc2c(c1)CCCO2. The third kappa shape index (κ3) is 2.59. The van der Waals surface area contributed by atoms with Crippen LogP contribution in [0.25, 0.3) is 0 Å². The number of hydrogen-bond donors (Lipinski definition) is 2. The molecule has 0 aliphatic carbocycles.